The first-order chi connectivity index (χ1) is 13.3. The molecule has 148 valence electrons. The van der Waals surface area contributed by atoms with Gasteiger partial charge < -0.3 is 14.1 Å². The fourth-order valence-electron chi connectivity index (χ4n) is 2.33. The number of halogens is 3. The van der Waals surface area contributed by atoms with Crippen molar-refractivity contribution in [2.45, 2.75) is 30.9 Å². The number of aromatic nitrogens is 3. The zero-order valence-corrected chi connectivity index (χ0v) is 15.8. The van der Waals surface area contributed by atoms with E-state index >= 15 is 0 Å². The van der Waals surface area contributed by atoms with E-state index in [1.165, 1.54) is 0 Å². The molecule has 3 rings (SSSR count). The van der Waals surface area contributed by atoms with Crippen LogP contribution in [0.4, 0.5) is 13.2 Å². The molecule has 2 heterocycles. The molecule has 3 aromatic rings. The lowest BCUT2D eigenvalue weighted by Gasteiger charge is -2.06. The average Bonchev–Trinajstić information content (AvgIpc) is 3.00. The number of ether oxygens (including phenoxy) is 1. The van der Waals surface area contributed by atoms with E-state index in [1.54, 1.807) is 31.2 Å². The summed E-state index contributed by atoms with van der Waals surface area (Å²) in [6.45, 7) is 4.16. The van der Waals surface area contributed by atoms with Gasteiger partial charge in [0.25, 0.3) is 5.56 Å². The molecule has 0 amide bonds. The first-order valence-corrected chi connectivity index (χ1v) is 9.25. The minimum absolute atomic E-state index is 0.134. The van der Waals surface area contributed by atoms with Gasteiger partial charge in [0, 0.05) is 17.4 Å². The van der Waals surface area contributed by atoms with Crippen LogP contribution in [0.2, 0.25) is 0 Å². The molecule has 0 bridgehead atoms. The van der Waals surface area contributed by atoms with Gasteiger partial charge in [-0.2, -0.15) is 13.2 Å². The number of aromatic amines is 1. The molecule has 28 heavy (non-hydrogen) atoms. The second-order valence-electron chi connectivity index (χ2n) is 5.70. The van der Waals surface area contributed by atoms with Crippen molar-refractivity contribution in [1.29, 1.82) is 0 Å². The number of H-pyrrole nitrogens is 1. The van der Waals surface area contributed by atoms with Crippen molar-refractivity contribution < 1.29 is 22.3 Å². The molecule has 1 N–H and O–H groups in total. The lowest BCUT2D eigenvalue weighted by Crippen LogP contribution is -2.16. The number of alkyl halides is 3. The van der Waals surface area contributed by atoms with Crippen LogP contribution >= 0.6 is 11.8 Å². The lowest BCUT2D eigenvalue weighted by molar-refractivity contribution is -0.141. The van der Waals surface area contributed by atoms with E-state index in [9.17, 15) is 18.0 Å². The largest absolute Gasteiger partial charge is 0.494 e. The highest BCUT2D eigenvalue weighted by atomic mass is 32.2. The number of rotatable bonds is 6. The fraction of sp³-hybridized carbons (Fsp3) is 0.278. The van der Waals surface area contributed by atoms with Crippen LogP contribution in [0.3, 0.4) is 0 Å². The van der Waals surface area contributed by atoms with Gasteiger partial charge >= 0.3 is 6.18 Å². The predicted molar refractivity (Wildman–Crippen MR) is 97.3 cm³/mol. The van der Waals surface area contributed by atoms with Crippen LogP contribution in [-0.4, -0.2) is 21.6 Å². The van der Waals surface area contributed by atoms with Crippen molar-refractivity contribution in [2.24, 2.45) is 0 Å². The molecule has 0 aliphatic rings. The maximum absolute atomic E-state index is 12.8. The SMILES string of the molecule is CCOc1ccc(-c2nc(CSc3nc(C(F)(F)F)cc(=O)[nH]3)c(C)o2)cc1. The number of thioether (sulfide) groups is 1. The van der Waals surface area contributed by atoms with Gasteiger partial charge in [-0.25, -0.2) is 9.97 Å². The monoisotopic (exact) mass is 411 g/mol. The highest BCUT2D eigenvalue weighted by molar-refractivity contribution is 7.98. The van der Waals surface area contributed by atoms with Crippen molar-refractivity contribution in [1.82, 2.24) is 15.0 Å². The van der Waals surface area contributed by atoms with Crippen molar-refractivity contribution in [3.63, 3.8) is 0 Å². The number of nitrogens with one attached hydrogen (secondary N) is 1. The second-order valence-corrected chi connectivity index (χ2v) is 6.67. The first kappa shape index (κ1) is 20.0. The third-order valence-electron chi connectivity index (χ3n) is 3.66. The molecule has 0 atom stereocenters. The highest BCUT2D eigenvalue weighted by Gasteiger charge is 2.33. The summed E-state index contributed by atoms with van der Waals surface area (Å²) in [5.41, 5.74) is -0.801. The Hall–Kier alpha value is -2.75. The Labute approximate surface area is 162 Å². The summed E-state index contributed by atoms with van der Waals surface area (Å²) in [6.07, 6.45) is -4.69. The van der Waals surface area contributed by atoms with E-state index in [-0.39, 0.29) is 10.9 Å². The van der Waals surface area contributed by atoms with E-state index in [1.807, 2.05) is 6.92 Å². The summed E-state index contributed by atoms with van der Waals surface area (Å²) < 4.78 is 49.4. The van der Waals surface area contributed by atoms with E-state index in [2.05, 4.69) is 15.0 Å². The van der Waals surface area contributed by atoms with Crippen LogP contribution in [0.1, 0.15) is 24.1 Å². The normalized spacial score (nSPS) is 11.6. The van der Waals surface area contributed by atoms with Gasteiger partial charge in [0.2, 0.25) is 5.89 Å². The summed E-state index contributed by atoms with van der Waals surface area (Å²) in [7, 11) is 0. The van der Waals surface area contributed by atoms with Crippen LogP contribution in [0.15, 0.2) is 44.7 Å². The standard InChI is InChI=1S/C18H16F3N3O3S/c1-3-26-12-6-4-11(5-7-12)16-22-13(10(2)27-16)9-28-17-23-14(18(19,20)21)8-15(25)24-17/h4-8H,3,9H2,1-2H3,(H,23,24,25). The highest BCUT2D eigenvalue weighted by Crippen LogP contribution is 2.30. The van der Waals surface area contributed by atoms with E-state index in [0.29, 0.717) is 30.0 Å². The Morgan fingerprint density at radius 2 is 1.93 bits per heavy atom. The van der Waals surface area contributed by atoms with Gasteiger partial charge in [-0.1, -0.05) is 11.8 Å². The zero-order valence-electron chi connectivity index (χ0n) is 15.0. The van der Waals surface area contributed by atoms with Crippen LogP contribution in [0.25, 0.3) is 11.5 Å². The minimum atomic E-state index is -4.69. The molecule has 0 aliphatic carbocycles. The number of hydrogen-bond donors (Lipinski definition) is 1. The Morgan fingerprint density at radius 1 is 1.21 bits per heavy atom. The minimum Gasteiger partial charge on any atom is -0.494 e. The van der Waals surface area contributed by atoms with E-state index in [4.69, 9.17) is 9.15 Å². The van der Waals surface area contributed by atoms with Gasteiger partial charge in [-0.05, 0) is 38.1 Å². The zero-order chi connectivity index (χ0) is 20.3. The molecular weight excluding hydrogens is 395 g/mol. The number of benzene rings is 1. The van der Waals surface area contributed by atoms with Gasteiger partial charge in [-0.15, -0.1) is 0 Å². The molecule has 0 spiro atoms. The lowest BCUT2D eigenvalue weighted by atomic mass is 10.2. The number of aryl methyl sites for hydroxylation is 1. The predicted octanol–water partition coefficient (Wildman–Crippen LogP) is 4.44. The summed E-state index contributed by atoms with van der Waals surface area (Å²) in [4.78, 5) is 21.6. The molecule has 1 aromatic carbocycles. The molecule has 10 heteroatoms. The van der Waals surface area contributed by atoms with Gasteiger partial charge in [0.05, 0.1) is 12.3 Å². The molecule has 0 radical (unpaired) electrons. The molecular formula is C18H16F3N3O3S. The summed E-state index contributed by atoms with van der Waals surface area (Å²) in [6, 6.07) is 7.63. The Morgan fingerprint density at radius 3 is 2.57 bits per heavy atom. The summed E-state index contributed by atoms with van der Waals surface area (Å²) in [5, 5.41) is -0.134. The fourth-order valence-corrected chi connectivity index (χ4v) is 3.21. The number of oxazole rings is 1. The molecule has 0 unspecified atom stereocenters. The summed E-state index contributed by atoms with van der Waals surface area (Å²) >= 11 is 0.941. The molecule has 0 saturated heterocycles. The topological polar surface area (TPSA) is 81.0 Å². The Bertz CT molecular complexity index is 1010. The number of nitrogens with zero attached hydrogens (tertiary/aromatic N) is 2. The maximum Gasteiger partial charge on any atom is 0.433 e. The second kappa shape index (κ2) is 8.09. The molecule has 0 saturated carbocycles. The number of hydrogen-bond acceptors (Lipinski definition) is 6. The summed E-state index contributed by atoms with van der Waals surface area (Å²) in [5.74, 6) is 1.84. The molecule has 2 aromatic heterocycles. The molecule has 6 nitrogen and oxygen atoms in total. The van der Waals surface area contributed by atoms with Crippen LogP contribution < -0.4 is 10.3 Å². The maximum atomic E-state index is 12.8. The third-order valence-corrected chi connectivity index (χ3v) is 4.55. The Kier molecular flexibility index (Phi) is 5.78. The van der Waals surface area contributed by atoms with Gasteiger partial charge in [0.1, 0.15) is 11.5 Å². The molecule has 0 fully saturated rings. The van der Waals surface area contributed by atoms with Crippen molar-refractivity contribution in [2.75, 3.05) is 6.61 Å². The van der Waals surface area contributed by atoms with Crippen LogP contribution in [-0.2, 0) is 11.9 Å². The Balaban J connectivity index is 1.76. The van der Waals surface area contributed by atoms with Crippen molar-refractivity contribution in [3.05, 3.63) is 57.8 Å². The van der Waals surface area contributed by atoms with E-state index in [0.717, 1.165) is 23.1 Å². The first-order valence-electron chi connectivity index (χ1n) is 8.27. The average molecular weight is 411 g/mol. The smallest absolute Gasteiger partial charge is 0.433 e. The third kappa shape index (κ3) is 4.75. The van der Waals surface area contributed by atoms with Crippen molar-refractivity contribution in [3.8, 4) is 17.2 Å². The quantitative estimate of drug-likeness (QED) is 0.477. The molecule has 0 aliphatic heterocycles. The van der Waals surface area contributed by atoms with Crippen LogP contribution in [0, 0.1) is 6.92 Å². The van der Waals surface area contributed by atoms with Crippen molar-refractivity contribution >= 4 is 11.8 Å². The van der Waals surface area contributed by atoms with Crippen LogP contribution in [0.5, 0.6) is 5.75 Å². The van der Waals surface area contributed by atoms with Gasteiger partial charge in [-0.3, -0.25) is 4.79 Å². The van der Waals surface area contributed by atoms with E-state index < -0.39 is 17.4 Å². The van der Waals surface area contributed by atoms with Gasteiger partial charge in [0.15, 0.2) is 10.9 Å².